The van der Waals surface area contributed by atoms with E-state index in [0.29, 0.717) is 18.8 Å². The molecule has 2 aromatic rings. The fraction of sp³-hybridized carbons (Fsp3) is 0.440. The molecule has 0 aliphatic rings. The molecule has 0 aliphatic heterocycles. The van der Waals surface area contributed by atoms with Crippen molar-refractivity contribution in [2.24, 2.45) is 0 Å². The smallest absolute Gasteiger partial charge is 0.242 e. The highest BCUT2D eigenvalue weighted by Crippen LogP contribution is 2.19. The number of amides is 2. The van der Waals surface area contributed by atoms with Crippen molar-refractivity contribution in [1.82, 2.24) is 10.2 Å². The zero-order valence-corrected chi connectivity index (χ0v) is 19.8. The van der Waals surface area contributed by atoms with Crippen LogP contribution in [0.15, 0.2) is 48.5 Å². The number of hydrogen-bond donors (Lipinski definition) is 1. The number of benzene rings is 2. The molecule has 0 bridgehead atoms. The topological polar surface area (TPSA) is 58.6 Å². The number of aryl methyl sites for hydroxylation is 1. The molecule has 0 saturated heterocycles. The Hall–Kier alpha value is -2.47. The van der Waals surface area contributed by atoms with E-state index in [0.717, 1.165) is 41.0 Å². The first-order valence-electron chi connectivity index (χ1n) is 10.8. The van der Waals surface area contributed by atoms with Crippen molar-refractivity contribution >= 4 is 23.6 Å². The molecule has 0 saturated carbocycles. The predicted molar refractivity (Wildman–Crippen MR) is 128 cm³/mol. The highest BCUT2D eigenvalue weighted by Gasteiger charge is 2.26. The summed E-state index contributed by atoms with van der Waals surface area (Å²) in [7, 11) is 1.64. The molecule has 1 atom stereocenters. The molecule has 0 spiro atoms. The number of carbonyl (C=O) groups excluding carboxylic acids is 2. The molecule has 1 N–H and O–H groups in total. The molecule has 2 amide bonds. The van der Waals surface area contributed by atoms with Gasteiger partial charge in [-0.05, 0) is 49.1 Å². The lowest BCUT2D eigenvalue weighted by Gasteiger charge is -2.29. The first kappa shape index (κ1) is 24.8. The van der Waals surface area contributed by atoms with Crippen LogP contribution in [0.4, 0.5) is 0 Å². The van der Waals surface area contributed by atoms with Crippen molar-refractivity contribution in [2.45, 2.75) is 52.0 Å². The molecule has 168 valence electrons. The summed E-state index contributed by atoms with van der Waals surface area (Å²) in [5, 5.41) is 2.96. The fourth-order valence-electron chi connectivity index (χ4n) is 3.15. The molecule has 0 aromatic heterocycles. The number of rotatable bonds is 12. The Morgan fingerprint density at radius 2 is 1.84 bits per heavy atom. The summed E-state index contributed by atoms with van der Waals surface area (Å²) >= 11 is 1.56. The molecular weight excluding hydrogens is 408 g/mol. The van der Waals surface area contributed by atoms with Gasteiger partial charge in [0.05, 0.1) is 12.9 Å². The van der Waals surface area contributed by atoms with Gasteiger partial charge < -0.3 is 15.0 Å². The second-order valence-electron chi connectivity index (χ2n) is 7.61. The summed E-state index contributed by atoms with van der Waals surface area (Å²) in [5.41, 5.74) is 3.31. The van der Waals surface area contributed by atoms with Gasteiger partial charge in [-0.1, -0.05) is 49.7 Å². The number of hydrogen-bond acceptors (Lipinski definition) is 4. The van der Waals surface area contributed by atoms with E-state index in [1.54, 1.807) is 23.8 Å². The molecule has 5 nitrogen and oxygen atoms in total. The number of unbranched alkanes of at least 4 members (excludes halogenated alkanes) is 1. The fourth-order valence-corrected chi connectivity index (χ4v) is 4.02. The predicted octanol–water partition coefficient (Wildman–Crippen LogP) is 4.57. The van der Waals surface area contributed by atoms with Crippen LogP contribution in [0.3, 0.4) is 0 Å². The van der Waals surface area contributed by atoms with Crippen molar-refractivity contribution in [1.29, 1.82) is 0 Å². The Bertz CT molecular complexity index is 839. The average Bonchev–Trinajstić information content (AvgIpc) is 2.78. The first-order valence-corrected chi connectivity index (χ1v) is 11.9. The van der Waals surface area contributed by atoms with Crippen LogP contribution in [0, 0.1) is 6.92 Å². The van der Waals surface area contributed by atoms with Gasteiger partial charge in [0, 0.05) is 18.8 Å². The van der Waals surface area contributed by atoms with Gasteiger partial charge in [0.25, 0.3) is 0 Å². The molecule has 0 radical (unpaired) electrons. The third-order valence-corrected chi connectivity index (χ3v) is 6.24. The lowest BCUT2D eigenvalue weighted by Crippen LogP contribution is -2.48. The summed E-state index contributed by atoms with van der Waals surface area (Å²) in [6.07, 6.45) is 1.95. The number of nitrogens with zero attached hydrogens (tertiary/aromatic N) is 1. The van der Waals surface area contributed by atoms with E-state index in [1.807, 2.05) is 62.4 Å². The van der Waals surface area contributed by atoms with Crippen LogP contribution in [0.5, 0.6) is 5.75 Å². The largest absolute Gasteiger partial charge is 0.497 e. The SMILES string of the molecule is CCCCNC(=O)C(C)N(Cc1ccccc1C)C(=O)CSCc1ccc(OC)cc1. The number of thioether (sulfide) groups is 1. The molecule has 0 aliphatic carbocycles. The lowest BCUT2D eigenvalue weighted by molar-refractivity contribution is -0.138. The molecule has 0 heterocycles. The van der Waals surface area contributed by atoms with Gasteiger partial charge in [0.1, 0.15) is 11.8 Å². The van der Waals surface area contributed by atoms with E-state index in [9.17, 15) is 9.59 Å². The summed E-state index contributed by atoms with van der Waals surface area (Å²) in [4.78, 5) is 27.5. The van der Waals surface area contributed by atoms with Crippen LogP contribution in [-0.4, -0.2) is 42.2 Å². The van der Waals surface area contributed by atoms with Crippen molar-refractivity contribution in [3.8, 4) is 5.75 Å². The van der Waals surface area contributed by atoms with E-state index < -0.39 is 6.04 Å². The normalized spacial score (nSPS) is 11.6. The molecule has 2 rings (SSSR count). The maximum atomic E-state index is 13.1. The molecule has 2 aromatic carbocycles. The van der Waals surface area contributed by atoms with Gasteiger partial charge in [-0.25, -0.2) is 0 Å². The van der Waals surface area contributed by atoms with Gasteiger partial charge in [-0.3, -0.25) is 9.59 Å². The average molecular weight is 443 g/mol. The van der Waals surface area contributed by atoms with Gasteiger partial charge in [-0.15, -0.1) is 11.8 Å². The van der Waals surface area contributed by atoms with Crippen LogP contribution in [0.1, 0.15) is 43.4 Å². The Labute approximate surface area is 190 Å². The van der Waals surface area contributed by atoms with Crippen LogP contribution in [-0.2, 0) is 21.9 Å². The standard InChI is InChI=1S/C25H34N2O3S/c1-5-6-15-26-25(29)20(3)27(16-22-10-8-7-9-19(22)2)24(28)18-31-17-21-11-13-23(30-4)14-12-21/h7-14,20H,5-6,15-18H2,1-4H3,(H,26,29). The molecule has 0 fully saturated rings. The Morgan fingerprint density at radius 3 is 2.48 bits per heavy atom. The van der Waals surface area contributed by atoms with Crippen LogP contribution >= 0.6 is 11.8 Å². The van der Waals surface area contributed by atoms with Crippen LogP contribution < -0.4 is 10.1 Å². The minimum Gasteiger partial charge on any atom is -0.497 e. The second-order valence-corrected chi connectivity index (χ2v) is 8.60. The summed E-state index contributed by atoms with van der Waals surface area (Å²) in [6, 6.07) is 15.3. The number of ether oxygens (including phenoxy) is 1. The molecule has 31 heavy (non-hydrogen) atoms. The van der Waals surface area contributed by atoms with Crippen molar-refractivity contribution in [3.05, 3.63) is 65.2 Å². The van der Waals surface area contributed by atoms with Crippen molar-refractivity contribution < 1.29 is 14.3 Å². The second kappa shape index (κ2) is 13.1. The molecule has 1 unspecified atom stereocenters. The van der Waals surface area contributed by atoms with Gasteiger partial charge in [0.15, 0.2) is 0 Å². The Kier molecular flexibility index (Phi) is 10.4. The van der Waals surface area contributed by atoms with Gasteiger partial charge >= 0.3 is 0 Å². The Balaban J connectivity index is 2.03. The Morgan fingerprint density at radius 1 is 1.13 bits per heavy atom. The third-order valence-electron chi connectivity index (χ3n) is 5.25. The van der Waals surface area contributed by atoms with E-state index >= 15 is 0 Å². The van der Waals surface area contributed by atoms with Crippen LogP contribution in [0.25, 0.3) is 0 Å². The zero-order valence-electron chi connectivity index (χ0n) is 19.0. The van der Waals surface area contributed by atoms with Crippen molar-refractivity contribution in [3.63, 3.8) is 0 Å². The van der Waals surface area contributed by atoms with Gasteiger partial charge in [-0.2, -0.15) is 0 Å². The van der Waals surface area contributed by atoms with E-state index in [4.69, 9.17) is 4.74 Å². The number of nitrogens with one attached hydrogen (secondary N) is 1. The zero-order chi connectivity index (χ0) is 22.6. The maximum Gasteiger partial charge on any atom is 0.242 e. The first-order chi connectivity index (χ1) is 15.0. The third kappa shape index (κ3) is 7.94. The van der Waals surface area contributed by atoms with Gasteiger partial charge in [0.2, 0.25) is 11.8 Å². The van der Waals surface area contributed by atoms with Crippen molar-refractivity contribution in [2.75, 3.05) is 19.4 Å². The maximum absolute atomic E-state index is 13.1. The highest BCUT2D eigenvalue weighted by atomic mass is 32.2. The van der Waals surface area contributed by atoms with E-state index in [2.05, 4.69) is 12.2 Å². The van der Waals surface area contributed by atoms with E-state index in [-0.39, 0.29) is 11.8 Å². The molecular formula is C25H34N2O3S. The summed E-state index contributed by atoms with van der Waals surface area (Å²) in [6.45, 7) is 6.99. The van der Waals surface area contributed by atoms with E-state index in [1.165, 1.54) is 0 Å². The van der Waals surface area contributed by atoms with Crippen LogP contribution in [0.2, 0.25) is 0 Å². The monoisotopic (exact) mass is 442 g/mol. The minimum atomic E-state index is -0.523. The molecule has 6 heteroatoms. The quantitative estimate of drug-likeness (QED) is 0.489. The summed E-state index contributed by atoms with van der Waals surface area (Å²) < 4.78 is 5.19. The minimum absolute atomic E-state index is 0.0279. The highest BCUT2D eigenvalue weighted by molar-refractivity contribution is 7.99. The number of carbonyl (C=O) groups is 2. The number of methoxy groups -OCH3 is 1. The summed E-state index contributed by atoms with van der Waals surface area (Å²) in [5.74, 6) is 1.74. The lowest BCUT2D eigenvalue weighted by atomic mass is 10.1.